The summed E-state index contributed by atoms with van der Waals surface area (Å²) >= 11 is 6.43. The number of nitrogens with zero attached hydrogens (tertiary/aromatic N) is 1. The fourth-order valence-electron chi connectivity index (χ4n) is 3.87. The molecule has 7 heteroatoms. The molecule has 1 atom stereocenters. The first-order valence-corrected chi connectivity index (χ1v) is 11.5. The summed E-state index contributed by atoms with van der Waals surface area (Å²) in [6.07, 6.45) is 1.52. The van der Waals surface area contributed by atoms with Gasteiger partial charge in [0.25, 0.3) is 0 Å². The summed E-state index contributed by atoms with van der Waals surface area (Å²) in [5.74, 6) is -0.372. The van der Waals surface area contributed by atoms with E-state index in [2.05, 4.69) is 16.0 Å². The number of anilines is 3. The van der Waals surface area contributed by atoms with Crippen molar-refractivity contribution in [1.29, 1.82) is 0 Å². The van der Waals surface area contributed by atoms with Crippen LogP contribution in [0.5, 0.6) is 0 Å². The first kappa shape index (κ1) is 22.7. The molecule has 4 rings (SSSR count). The minimum Gasteiger partial charge on any atom is -0.380 e. The van der Waals surface area contributed by atoms with E-state index in [1.165, 1.54) is 0 Å². The Labute approximate surface area is 198 Å². The van der Waals surface area contributed by atoms with Gasteiger partial charge in [-0.1, -0.05) is 60.1 Å². The van der Waals surface area contributed by atoms with Gasteiger partial charge in [0.1, 0.15) is 0 Å². The molecule has 0 saturated carbocycles. The molecule has 170 valence electrons. The number of piperidine rings is 1. The highest BCUT2D eigenvalue weighted by atomic mass is 35.5. The van der Waals surface area contributed by atoms with E-state index in [4.69, 9.17) is 11.6 Å². The highest BCUT2D eigenvalue weighted by molar-refractivity contribution is 6.33. The fraction of sp³-hybridized carbons (Fsp3) is 0.231. The lowest BCUT2D eigenvalue weighted by atomic mass is 9.97. The molecule has 1 heterocycles. The normalized spacial score (nSPS) is 15.5. The third kappa shape index (κ3) is 6.26. The molecule has 3 aromatic rings. The van der Waals surface area contributed by atoms with Gasteiger partial charge in [-0.3, -0.25) is 4.79 Å². The molecule has 1 saturated heterocycles. The SMILES string of the molecule is O=C(Nc1ccc(NCc2ccccc2)c(Cl)c1)C1CCCN(C(=O)Nc2ccccc2)C1. The van der Waals surface area contributed by atoms with Crippen molar-refractivity contribution >= 4 is 40.6 Å². The molecule has 1 aliphatic heterocycles. The molecular formula is C26H27ClN4O2. The average Bonchev–Trinajstić information content (AvgIpc) is 2.85. The molecule has 1 unspecified atom stereocenters. The number of likely N-dealkylation sites (tertiary alicyclic amines) is 1. The quantitative estimate of drug-likeness (QED) is 0.431. The number of hydrogen-bond donors (Lipinski definition) is 3. The molecule has 0 spiro atoms. The van der Waals surface area contributed by atoms with Crippen LogP contribution in [-0.4, -0.2) is 29.9 Å². The zero-order chi connectivity index (χ0) is 23.0. The van der Waals surface area contributed by atoms with E-state index >= 15 is 0 Å². The molecule has 0 aromatic heterocycles. The van der Waals surface area contributed by atoms with Crippen molar-refractivity contribution in [2.24, 2.45) is 5.92 Å². The number of carbonyl (C=O) groups is 2. The molecule has 3 aromatic carbocycles. The van der Waals surface area contributed by atoms with Gasteiger partial charge in [-0.15, -0.1) is 0 Å². The van der Waals surface area contributed by atoms with Gasteiger partial charge in [-0.25, -0.2) is 4.79 Å². The minimum atomic E-state index is -0.269. The number of benzene rings is 3. The van der Waals surface area contributed by atoms with Gasteiger partial charge in [0.05, 0.1) is 16.6 Å². The van der Waals surface area contributed by atoms with Gasteiger partial charge in [0.15, 0.2) is 0 Å². The van der Waals surface area contributed by atoms with E-state index in [-0.39, 0.29) is 17.9 Å². The summed E-state index contributed by atoms with van der Waals surface area (Å²) in [5.41, 5.74) is 3.34. The zero-order valence-electron chi connectivity index (χ0n) is 18.3. The second kappa shape index (κ2) is 10.9. The number of rotatable bonds is 6. The van der Waals surface area contributed by atoms with Crippen LogP contribution in [0.15, 0.2) is 78.9 Å². The van der Waals surface area contributed by atoms with E-state index in [0.717, 1.165) is 29.8 Å². The topological polar surface area (TPSA) is 73.5 Å². The summed E-state index contributed by atoms with van der Waals surface area (Å²) in [6.45, 7) is 1.68. The van der Waals surface area contributed by atoms with E-state index in [1.807, 2.05) is 72.8 Å². The van der Waals surface area contributed by atoms with Gasteiger partial charge in [-0.2, -0.15) is 0 Å². The Hall–Kier alpha value is -3.51. The van der Waals surface area contributed by atoms with Crippen LogP contribution in [0.25, 0.3) is 0 Å². The second-order valence-corrected chi connectivity index (χ2v) is 8.51. The summed E-state index contributed by atoms with van der Waals surface area (Å²) in [4.78, 5) is 27.2. The summed E-state index contributed by atoms with van der Waals surface area (Å²) in [5, 5.41) is 9.70. The molecule has 6 nitrogen and oxygen atoms in total. The van der Waals surface area contributed by atoms with Gasteiger partial charge in [-0.05, 0) is 48.7 Å². The van der Waals surface area contributed by atoms with Crippen molar-refractivity contribution in [3.05, 3.63) is 89.4 Å². The van der Waals surface area contributed by atoms with Crippen LogP contribution in [0, 0.1) is 5.92 Å². The maximum atomic E-state index is 12.9. The van der Waals surface area contributed by atoms with Crippen molar-refractivity contribution < 1.29 is 9.59 Å². The van der Waals surface area contributed by atoms with Crippen molar-refractivity contribution in [3.8, 4) is 0 Å². The lowest BCUT2D eigenvalue weighted by Crippen LogP contribution is -2.45. The monoisotopic (exact) mass is 462 g/mol. The van der Waals surface area contributed by atoms with Crippen LogP contribution in [-0.2, 0) is 11.3 Å². The van der Waals surface area contributed by atoms with Crippen molar-refractivity contribution in [2.75, 3.05) is 29.0 Å². The molecule has 3 N–H and O–H groups in total. The summed E-state index contributed by atoms with van der Waals surface area (Å²) < 4.78 is 0. The number of nitrogens with one attached hydrogen (secondary N) is 3. The van der Waals surface area contributed by atoms with Gasteiger partial charge >= 0.3 is 6.03 Å². The third-order valence-electron chi connectivity index (χ3n) is 5.67. The number of carbonyl (C=O) groups excluding carboxylic acids is 2. The summed E-state index contributed by atoms with van der Waals surface area (Å²) in [6, 6.07) is 24.6. The highest BCUT2D eigenvalue weighted by Gasteiger charge is 2.28. The van der Waals surface area contributed by atoms with E-state index in [9.17, 15) is 9.59 Å². The molecule has 1 fully saturated rings. The smallest absolute Gasteiger partial charge is 0.321 e. The zero-order valence-corrected chi connectivity index (χ0v) is 19.0. The van der Waals surface area contributed by atoms with Crippen molar-refractivity contribution in [2.45, 2.75) is 19.4 Å². The van der Waals surface area contributed by atoms with Crippen LogP contribution in [0.3, 0.4) is 0 Å². The van der Waals surface area contributed by atoms with Crippen molar-refractivity contribution in [1.82, 2.24) is 4.90 Å². The first-order valence-electron chi connectivity index (χ1n) is 11.1. The molecule has 0 aliphatic carbocycles. The number of amides is 3. The maximum absolute atomic E-state index is 12.9. The predicted molar refractivity (Wildman–Crippen MR) is 134 cm³/mol. The lowest BCUT2D eigenvalue weighted by molar-refractivity contribution is -0.121. The predicted octanol–water partition coefficient (Wildman–Crippen LogP) is 5.83. The Balaban J connectivity index is 1.31. The minimum absolute atomic E-state index is 0.103. The molecule has 0 radical (unpaired) electrons. The van der Waals surface area contributed by atoms with Gasteiger partial charge in [0.2, 0.25) is 5.91 Å². The summed E-state index contributed by atoms with van der Waals surface area (Å²) in [7, 11) is 0. The van der Waals surface area contributed by atoms with Crippen LogP contribution in [0.4, 0.5) is 21.9 Å². The van der Waals surface area contributed by atoms with Gasteiger partial charge in [0, 0.05) is 31.0 Å². The van der Waals surface area contributed by atoms with E-state index < -0.39 is 0 Å². The Bertz CT molecular complexity index is 1090. The molecule has 1 aliphatic rings. The fourth-order valence-corrected chi connectivity index (χ4v) is 4.12. The van der Waals surface area contributed by atoms with Crippen LogP contribution >= 0.6 is 11.6 Å². The Kier molecular flexibility index (Phi) is 7.47. The Morgan fingerprint density at radius 1 is 0.909 bits per heavy atom. The lowest BCUT2D eigenvalue weighted by Gasteiger charge is -2.32. The van der Waals surface area contributed by atoms with E-state index in [1.54, 1.807) is 11.0 Å². The number of halogens is 1. The number of urea groups is 1. The van der Waals surface area contributed by atoms with Crippen LogP contribution < -0.4 is 16.0 Å². The van der Waals surface area contributed by atoms with Gasteiger partial charge < -0.3 is 20.9 Å². The Morgan fingerprint density at radius 3 is 2.36 bits per heavy atom. The third-order valence-corrected chi connectivity index (χ3v) is 5.98. The molecule has 3 amide bonds. The standard InChI is InChI=1S/C26H27ClN4O2/c27-23-16-22(13-14-24(23)28-17-19-8-3-1-4-9-19)29-25(32)20-10-7-15-31(18-20)26(33)30-21-11-5-2-6-12-21/h1-6,8-9,11-14,16,20,28H,7,10,15,17-18H2,(H,29,32)(H,30,33). The highest BCUT2D eigenvalue weighted by Crippen LogP contribution is 2.27. The average molecular weight is 463 g/mol. The van der Waals surface area contributed by atoms with Crippen LogP contribution in [0.2, 0.25) is 5.02 Å². The van der Waals surface area contributed by atoms with Crippen molar-refractivity contribution in [3.63, 3.8) is 0 Å². The molecule has 0 bridgehead atoms. The van der Waals surface area contributed by atoms with Crippen LogP contribution in [0.1, 0.15) is 18.4 Å². The largest absolute Gasteiger partial charge is 0.380 e. The Morgan fingerprint density at radius 2 is 1.64 bits per heavy atom. The maximum Gasteiger partial charge on any atom is 0.321 e. The second-order valence-electron chi connectivity index (χ2n) is 8.10. The number of para-hydroxylation sites is 1. The first-order chi connectivity index (χ1) is 16.1. The number of hydrogen-bond acceptors (Lipinski definition) is 3. The molecular weight excluding hydrogens is 436 g/mol. The van der Waals surface area contributed by atoms with E-state index in [0.29, 0.717) is 30.3 Å². The molecule has 33 heavy (non-hydrogen) atoms.